The Morgan fingerprint density at radius 2 is 2.00 bits per heavy atom. The molecule has 0 bridgehead atoms. The fourth-order valence-electron chi connectivity index (χ4n) is 2.41. The van der Waals surface area contributed by atoms with E-state index in [0.717, 1.165) is 12.8 Å². The number of aliphatic hydroxyl groups excluding tert-OH is 1. The largest absolute Gasteiger partial charge is 0.392 e. The molecule has 6 heteroatoms. The zero-order valence-electron chi connectivity index (χ0n) is 9.74. The van der Waals surface area contributed by atoms with Crippen LogP contribution >= 0.6 is 0 Å². The molecule has 0 aromatic carbocycles. The van der Waals surface area contributed by atoms with Gasteiger partial charge in [0.05, 0.1) is 6.10 Å². The van der Waals surface area contributed by atoms with Crippen LogP contribution in [0.3, 0.4) is 0 Å². The van der Waals surface area contributed by atoms with Crippen molar-refractivity contribution < 1.29 is 14.7 Å². The van der Waals surface area contributed by atoms with Crippen molar-refractivity contribution in [2.45, 2.75) is 44.2 Å². The van der Waals surface area contributed by atoms with Crippen LogP contribution in [0, 0.1) is 5.92 Å². The van der Waals surface area contributed by atoms with Crippen LogP contribution in [0.25, 0.3) is 0 Å². The molecule has 0 aromatic heterocycles. The van der Waals surface area contributed by atoms with Crippen molar-refractivity contribution >= 4 is 11.8 Å². The van der Waals surface area contributed by atoms with Crippen molar-refractivity contribution in [3.63, 3.8) is 0 Å². The summed E-state index contributed by atoms with van der Waals surface area (Å²) in [5.74, 6) is -1.83. The smallest absolute Gasteiger partial charge is 0.249 e. The second-order valence-electron chi connectivity index (χ2n) is 4.74. The molecule has 0 spiro atoms. The standard InChI is InChI=1S/C11H19N3O3/c15-8-5-6-12-10(16)9(8)11(17)14-13-7-3-1-2-4-7/h7-9,13,15H,1-6H2,(H,12,16)(H,14,17). The Balaban J connectivity index is 1.83. The van der Waals surface area contributed by atoms with Gasteiger partial charge in [-0.1, -0.05) is 12.8 Å². The third-order valence-corrected chi connectivity index (χ3v) is 3.44. The normalized spacial score (nSPS) is 30.1. The van der Waals surface area contributed by atoms with Gasteiger partial charge < -0.3 is 10.4 Å². The Bertz CT molecular complexity index is 302. The zero-order valence-corrected chi connectivity index (χ0v) is 9.74. The summed E-state index contributed by atoms with van der Waals surface area (Å²) < 4.78 is 0. The van der Waals surface area contributed by atoms with Crippen molar-refractivity contribution in [2.75, 3.05) is 6.54 Å². The van der Waals surface area contributed by atoms with Gasteiger partial charge in [-0.05, 0) is 19.3 Å². The predicted octanol–water partition coefficient (Wildman–Crippen LogP) is -0.953. The maximum Gasteiger partial charge on any atom is 0.249 e. The number of amides is 2. The van der Waals surface area contributed by atoms with Crippen LogP contribution < -0.4 is 16.2 Å². The van der Waals surface area contributed by atoms with E-state index in [-0.39, 0.29) is 0 Å². The van der Waals surface area contributed by atoms with Crippen molar-refractivity contribution in [2.24, 2.45) is 5.92 Å². The SMILES string of the molecule is O=C1NCCC(O)C1C(=O)NNC1CCCC1. The van der Waals surface area contributed by atoms with E-state index in [9.17, 15) is 14.7 Å². The van der Waals surface area contributed by atoms with E-state index >= 15 is 0 Å². The van der Waals surface area contributed by atoms with E-state index < -0.39 is 23.8 Å². The average Bonchev–Trinajstić information content (AvgIpc) is 2.79. The molecule has 17 heavy (non-hydrogen) atoms. The summed E-state index contributed by atoms with van der Waals surface area (Å²) in [6.45, 7) is 0.430. The molecule has 4 N–H and O–H groups in total. The lowest BCUT2D eigenvalue weighted by atomic mass is 9.94. The molecule has 2 aliphatic rings. The summed E-state index contributed by atoms with van der Waals surface area (Å²) in [5.41, 5.74) is 5.47. The van der Waals surface area contributed by atoms with E-state index in [2.05, 4.69) is 16.2 Å². The van der Waals surface area contributed by atoms with Crippen LogP contribution in [0.5, 0.6) is 0 Å². The van der Waals surface area contributed by atoms with Crippen LogP contribution in [0.4, 0.5) is 0 Å². The molecule has 1 saturated carbocycles. The first-order valence-electron chi connectivity index (χ1n) is 6.19. The molecular formula is C11H19N3O3. The highest BCUT2D eigenvalue weighted by Gasteiger charge is 2.36. The zero-order chi connectivity index (χ0) is 12.3. The number of nitrogens with one attached hydrogen (secondary N) is 3. The summed E-state index contributed by atoms with van der Waals surface area (Å²) in [7, 11) is 0. The molecule has 2 amide bonds. The average molecular weight is 241 g/mol. The van der Waals surface area contributed by atoms with Gasteiger partial charge in [0.25, 0.3) is 0 Å². The van der Waals surface area contributed by atoms with Gasteiger partial charge >= 0.3 is 0 Å². The molecular weight excluding hydrogens is 222 g/mol. The van der Waals surface area contributed by atoms with Gasteiger partial charge in [0.15, 0.2) is 0 Å². The van der Waals surface area contributed by atoms with E-state index in [1.807, 2.05) is 0 Å². The number of carbonyl (C=O) groups is 2. The molecule has 6 nitrogen and oxygen atoms in total. The van der Waals surface area contributed by atoms with Gasteiger partial charge in [0.2, 0.25) is 11.8 Å². The third-order valence-electron chi connectivity index (χ3n) is 3.44. The van der Waals surface area contributed by atoms with Crippen LogP contribution in [0.2, 0.25) is 0 Å². The van der Waals surface area contributed by atoms with E-state index in [1.54, 1.807) is 0 Å². The highest BCUT2D eigenvalue weighted by Crippen LogP contribution is 2.17. The topological polar surface area (TPSA) is 90.5 Å². The van der Waals surface area contributed by atoms with Crippen molar-refractivity contribution in [1.82, 2.24) is 16.2 Å². The van der Waals surface area contributed by atoms with Crippen LogP contribution in [0.15, 0.2) is 0 Å². The lowest BCUT2D eigenvalue weighted by Gasteiger charge is -2.26. The second kappa shape index (κ2) is 5.46. The van der Waals surface area contributed by atoms with E-state index in [1.165, 1.54) is 12.8 Å². The van der Waals surface area contributed by atoms with Crippen LogP contribution in [-0.4, -0.2) is 35.6 Å². The minimum Gasteiger partial charge on any atom is -0.392 e. The van der Waals surface area contributed by atoms with Gasteiger partial charge in [-0.2, -0.15) is 0 Å². The third kappa shape index (κ3) is 2.95. The summed E-state index contributed by atoms with van der Waals surface area (Å²) in [4.78, 5) is 23.3. The second-order valence-corrected chi connectivity index (χ2v) is 4.74. The summed E-state index contributed by atoms with van der Waals surface area (Å²) in [5, 5.41) is 12.2. The quantitative estimate of drug-likeness (QED) is 0.379. The first kappa shape index (κ1) is 12.3. The van der Waals surface area contributed by atoms with Gasteiger partial charge in [-0.25, -0.2) is 5.43 Å². The predicted molar refractivity (Wildman–Crippen MR) is 60.7 cm³/mol. The van der Waals surface area contributed by atoms with Crippen LogP contribution in [-0.2, 0) is 9.59 Å². The van der Waals surface area contributed by atoms with Gasteiger partial charge in [0, 0.05) is 12.6 Å². The maximum atomic E-state index is 11.8. The Kier molecular flexibility index (Phi) is 3.96. The van der Waals surface area contributed by atoms with Crippen molar-refractivity contribution in [3.8, 4) is 0 Å². The van der Waals surface area contributed by atoms with Crippen molar-refractivity contribution in [1.29, 1.82) is 0 Å². The molecule has 2 rings (SSSR count). The van der Waals surface area contributed by atoms with Gasteiger partial charge in [0.1, 0.15) is 5.92 Å². The Hall–Kier alpha value is -1.14. The molecule has 96 valence electrons. The summed E-state index contributed by atoms with van der Waals surface area (Å²) in [6.07, 6.45) is 3.96. The fraction of sp³-hybridized carbons (Fsp3) is 0.818. The summed E-state index contributed by atoms with van der Waals surface area (Å²) in [6, 6.07) is 0.294. The lowest BCUT2D eigenvalue weighted by molar-refractivity contribution is -0.143. The first-order valence-corrected chi connectivity index (χ1v) is 6.19. The minimum absolute atomic E-state index is 0.294. The molecule has 1 heterocycles. The van der Waals surface area contributed by atoms with Gasteiger partial charge in [-0.15, -0.1) is 0 Å². The van der Waals surface area contributed by atoms with Crippen LogP contribution in [0.1, 0.15) is 32.1 Å². The molecule has 1 aliphatic carbocycles. The first-order chi connectivity index (χ1) is 8.18. The number of aliphatic hydroxyl groups is 1. The molecule has 0 aromatic rings. The number of piperidine rings is 1. The number of hydrogen-bond donors (Lipinski definition) is 4. The van der Waals surface area contributed by atoms with Crippen molar-refractivity contribution in [3.05, 3.63) is 0 Å². The maximum absolute atomic E-state index is 11.8. The monoisotopic (exact) mass is 241 g/mol. The number of hydrazine groups is 1. The molecule has 0 radical (unpaired) electrons. The number of rotatable bonds is 3. The minimum atomic E-state index is -0.988. The molecule has 1 saturated heterocycles. The Morgan fingerprint density at radius 3 is 2.65 bits per heavy atom. The highest BCUT2D eigenvalue weighted by molar-refractivity contribution is 6.01. The molecule has 2 unspecified atom stereocenters. The molecule has 1 aliphatic heterocycles. The number of carbonyl (C=O) groups excluding carboxylic acids is 2. The van der Waals surface area contributed by atoms with E-state index in [0.29, 0.717) is 19.0 Å². The van der Waals surface area contributed by atoms with Gasteiger partial charge in [-0.3, -0.25) is 15.0 Å². The highest BCUT2D eigenvalue weighted by atomic mass is 16.3. The summed E-state index contributed by atoms with van der Waals surface area (Å²) >= 11 is 0. The number of hydrogen-bond acceptors (Lipinski definition) is 4. The molecule has 2 fully saturated rings. The Labute approximate surface area is 100 Å². The molecule has 2 atom stereocenters. The van der Waals surface area contributed by atoms with E-state index in [4.69, 9.17) is 0 Å². The fourth-order valence-corrected chi connectivity index (χ4v) is 2.41. The lowest BCUT2D eigenvalue weighted by Crippen LogP contribution is -2.55. The Morgan fingerprint density at radius 1 is 1.29 bits per heavy atom.